The van der Waals surface area contributed by atoms with E-state index in [2.05, 4.69) is 0 Å². The summed E-state index contributed by atoms with van der Waals surface area (Å²) in [4.78, 5) is 0. The minimum absolute atomic E-state index is 0.0782. The molecule has 0 radical (unpaired) electrons. The van der Waals surface area contributed by atoms with Crippen molar-refractivity contribution in [3.05, 3.63) is 34.4 Å². The van der Waals surface area contributed by atoms with Gasteiger partial charge in [-0.2, -0.15) is 0 Å². The van der Waals surface area contributed by atoms with Gasteiger partial charge >= 0.3 is 0 Å². The van der Waals surface area contributed by atoms with Crippen molar-refractivity contribution in [2.24, 2.45) is 11.7 Å². The van der Waals surface area contributed by atoms with E-state index < -0.39 is 40.4 Å². The van der Waals surface area contributed by atoms with Crippen LogP contribution in [0.4, 0.5) is 17.6 Å². The molecule has 1 aliphatic rings. The first-order valence-electron chi connectivity index (χ1n) is 5.03. The molecule has 2 N–H and O–H groups in total. The Morgan fingerprint density at radius 2 is 1.44 bits per heavy atom. The smallest absolute Gasteiger partial charge is 0.167 e. The standard InChI is InChI=1S/C11H11F4N/c1-4-7(12)9(14)6(10(15)8(4)13)11(16)5-2-3-5/h5,11H,2-3,16H2,1H3/t11-/m0/s1. The molecule has 1 atom stereocenters. The van der Waals surface area contributed by atoms with Gasteiger partial charge in [-0.3, -0.25) is 0 Å². The van der Waals surface area contributed by atoms with Gasteiger partial charge in [0.05, 0.1) is 0 Å². The van der Waals surface area contributed by atoms with Crippen molar-refractivity contribution in [3.8, 4) is 0 Å². The van der Waals surface area contributed by atoms with Crippen LogP contribution in [0.3, 0.4) is 0 Å². The van der Waals surface area contributed by atoms with E-state index >= 15 is 0 Å². The molecule has 0 amide bonds. The Bertz CT molecular complexity index is 411. The second-order valence-corrected chi connectivity index (χ2v) is 4.16. The van der Waals surface area contributed by atoms with Gasteiger partial charge < -0.3 is 5.73 Å². The lowest BCUT2D eigenvalue weighted by atomic mass is 9.99. The summed E-state index contributed by atoms with van der Waals surface area (Å²) in [5.41, 5.74) is 4.26. The summed E-state index contributed by atoms with van der Waals surface area (Å²) >= 11 is 0. The molecular formula is C11H11F4N. The van der Waals surface area contributed by atoms with Gasteiger partial charge in [0.1, 0.15) is 0 Å². The van der Waals surface area contributed by atoms with Crippen molar-refractivity contribution in [1.82, 2.24) is 0 Å². The predicted molar refractivity (Wildman–Crippen MR) is 50.7 cm³/mol. The highest BCUT2D eigenvalue weighted by molar-refractivity contribution is 5.32. The average Bonchev–Trinajstić information content (AvgIpc) is 3.07. The van der Waals surface area contributed by atoms with E-state index in [0.29, 0.717) is 0 Å². The van der Waals surface area contributed by atoms with E-state index in [0.717, 1.165) is 19.8 Å². The summed E-state index contributed by atoms with van der Waals surface area (Å²) in [6, 6.07) is -0.968. The SMILES string of the molecule is Cc1c(F)c(F)c([C@@H](N)C2CC2)c(F)c1F. The van der Waals surface area contributed by atoms with Crippen molar-refractivity contribution in [2.75, 3.05) is 0 Å². The minimum Gasteiger partial charge on any atom is -0.324 e. The molecule has 0 aromatic heterocycles. The third-order valence-corrected chi connectivity index (χ3v) is 2.98. The summed E-state index contributed by atoms with van der Waals surface area (Å²) in [5, 5.41) is 0. The quantitative estimate of drug-likeness (QED) is 0.616. The predicted octanol–water partition coefficient (Wildman–Crippen LogP) is 2.96. The van der Waals surface area contributed by atoms with Crippen LogP contribution in [0.2, 0.25) is 0 Å². The molecule has 1 aromatic rings. The Morgan fingerprint density at radius 3 is 1.81 bits per heavy atom. The molecule has 1 fully saturated rings. The number of hydrogen-bond acceptors (Lipinski definition) is 1. The zero-order valence-corrected chi connectivity index (χ0v) is 8.66. The van der Waals surface area contributed by atoms with Gasteiger partial charge in [0.25, 0.3) is 0 Å². The maximum atomic E-state index is 13.5. The number of benzene rings is 1. The molecule has 0 aliphatic heterocycles. The van der Waals surface area contributed by atoms with Gasteiger partial charge in [-0.1, -0.05) is 0 Å². The summed E-state index contributed by atoms with van der Waals surface area (Å²) in [7, 11) is 0. The molecule has 1 nitrogen and oxygen atoms in total. The van der Waals surface area contributed by atoms with E-state index in [-0.39, 0.29) is 5.92 Å². The summed E-state index contributed by atoms with van der Waals surface area (Å²) < 4.78 is 53.4. The third-order valence-electron chi connectivity index (χ3n) is 2.98. The van der Waals surface area contributed by atoms with Crippen LogP contribution in [-0.2, 0) is 0 Å². The molecule has 0 heterocycles. The fourth-order valence-corrected chi connectivity index (χ4v) is 1.74. The van der Waals surface area contributed by atoms with Gasteiger partial charge in [-0.25, -0.2) is 17.6 Å². The highest BCUT2D eigenvalue weighted by atomic mass is 19.2. The lowest BCUT2D eigenvalue weighted by molar-refractivity contribution is 0.412. The molecule has 0 spiro atoms. The second kappa shape index (κ2) is 3.73. The number of halogens is 4. The van der Waals surface area contributed by atoms with Gasteiger partial charge in [0.2, 0.25) is 0 Å². The molecule has 88 valence electrons. The Balaban J connectivity index is 2.59. The normalized spacial score (nSPS) is 17.6. The van der Waals surface area contributed by atoms with Crippen LogP contribution in [0.15, 0.2) is 0 Å². The van der Waals surface area contributed by atoms with Crippen LogP contribution in [0.25, 0.3) is 0 Å². The Kier molecular flexibility index (Phi) is 2.66. The number of rotatable bonds is 2. The molecule has 1 saturated carbocycles. The minimum atomic E-state index is -1.36. The van der Waals surface area contributed by atoms with Gasteiger partial charge in [0.15, 0.2) is 23.3 Å². The first-order chi connectivity index (χ1) is 7.45. The van der Waals surface area contributed by atoms with Crippen LogP contribution in [0, 0.1) is 36.1 Å². The Labute approximate surface area is 90.3 Å². The summed E-state index contributed by atoms with van der Waals surface area (Å²) in [6.07, 6.45) is 1.47. The van der Waals surface area contributed by atoms with E-state index in [1.807, 2.05) is 0 Å². The average molecular weight is 233 g/mol. The van der Waals surface area contributed by atoms with Crippen LogP contribution in [0.5, 0.6) is 0 Å². The van der Waals surface area contributed by atoms with Crippen molar-refractivity contribution in [3.63, 3.8) is 0 Å². The van der Waals surface area contributed by atoms with E-state index in [1.54, 1.807) is 0 Å². The van der Waals surface area contributed by atoms with Crippen LogP contribution < -0.4 is 5.73 Å². The van der Waals surface area contributed by atoms with Gasteiger partial charge in [0, 0.05) is 17.2 Å². The molecule has 16 heavy (non-hydrogen) atoms. The fraction of sp³-hybridized carbons (Fsp3) is 0.455. The van der Waals surface area contributed by atoms with Gasteiger partial charge in [-0.05, 0) is 25.7 Å². The molecular weight excluding hydrogens is 222 g/mol. The molecule has 0 bridgehead atoms. The van der Waals surface area contributed by atoms with E-state index in [1.165, 1.54) is 0 Å². The number of nitrogens with two attached hydrogens (primary N) is 1. The second-order valence-electron chi connectivity index (χ2n) is 4.16. The maximum Gasteiger partial charge on any atom is 0.167 e. The van der Waals surface area contributed by atoms with Crippen LogP contribution >= 0.6 is 0 Å². The van der Waals surface area contributed by atoms with Gasteiger partial charge in [-0.15, -0.1) is 0 Å². The first-order valence-corrected chi connectivity index (χ1v) is 5.03. The zero-order valence-electron chi connectivity index (χ0n) is 8.66. The topological polar surface area (TPSA) is 26.0 Å². The first kappa shape index (κ1) is 11.4. The van der Waals surface area contributed by atoms with Crippen molar-refractivity contribution >= 4 is 0 Å². The molecule has 1 aromatic carbocycles. The van der Waals surface area contributed by atoms with E-state index in [9.17, 15) is 17.6 Å². The monoisotopic (exact) mass is 233 g/mol. The molecule has 0 saturated heterocycles. The molecule has 0 unspecified atom stereocenters. The van der Waals surface area contributed by atoms with Crippen molar-refractivity contribution < 1.29 is 17.6 Å². The number of hydrogen-bond donors (Lipinski definition) is 1. The van der Waals surface area contributed by atoms with Crippen LogP contribution in [0.1, 0.15) is 30.0 Å². The highest BCUT2D eigenvalue weighted by Gasteiger charge is 2.35. The van der Waals surface area contributed by atoms with Crippen molar-refractivity contribution in [1.29, 1.82) is 0 Å². The Morgan fingerprint density at radius 1 is 1.00 bits per heavy atom. The van der Waals surface area contributed by atoms with Crippen LogP contribution in [-0.4, -0.2) is 0 Å². The third kappa shape index (κ3) is 1.59. The lowest BCUT2D eigenvalue weighted by Gasteiger charge is -2.15. The Hall–Kier alpha value is -1.10. The molecule has 2 rings (SSSR count). The summed E-state index contributed by atoms with van der Waals surface area (Å²) in [5.74, 6) is -5.52. The molecule has 5 heteroatoms. The van der Waals surface area contributed by atoms with Crippen molar-refractivity contribution in [2.45, 2.75) is 25.8 Å². The lowest BCUT2D eigenvalue weighted by Crippen LogP contribution is -2.19. The summed E-state index contributed by atoms with van der Waals surface area (Å²) in [6.45, 7) is 0.989. The zero-order chi connectivity index (χ0) is 12.0. The maximum absolute atomic E-state index is 13.5. The fourth-order valence-electron chi connectivity index (χ4n) is 1.74. The van der Waals surface area contributed by atoms with E-state index in [4.69, 9.17) is 5.73 Å². The molecule has 1 aliphatic carbocycles. The largest absolute Gasteiger partial charge is 0.324 e. The highest BCUT2D eigenvalue weighted by Crippen LogP contribution is 2.42.